The van der Waals surface area contributed by atoms with Crippen LogP contribution < -0.4 is 10.2 Å². The zero-order valence-electron chi connectivity index (χ0n) is 16.3. The zero-order valence-corrected chi connectivity index (χ0v) is 17.1. The van der Waals surface area contributed by atoms with Crippen molar-refractivity contribution in [2.24, 2.45) is 5.92 Å². The Balaban J connectivity index is 1.35. The minimum absolute atomic E-state index is 0.00948. The molecule has 0 bridgehead atoms. The molecule has 0 radical (unpaired) electrons. The lowest BCUT2D eigenvalue weighted by Gasteiger charge is -2.31. The van der Waals surface area contributed by atoms with Crippen molar-refractivity contribution in [2.45, 2.75) is 19.8 Å². The van der Waals surface area contributed by atoms with E-state index < -0.39 is 0 Å². The van der Waals surface area contributed by atoms with Crippen molar-refractivity contribution in [2.75, 3.05) is 23.3 Å². The molecule has 4 rings (SSSR count). The summed E-state index contributed by atoms with van der Waals surface area (Å²) in [5, 5.41) is 12.4. The molecule has 5 nitrogen and oxygen atoms in total. The lowest BCUT2D eigenvalue weighted by Crippen LogP contribution is -2.38. The lowest BCUT2D eigenvalue weighted by atomic mass is 9.96. The molecule has 0 saturated carbocycles. The topological polar surface area (TPSA) is 58.1 Å². The SMILES string of the molecule is Cc1cccc(-c2ccc(N3CCC(C(=O)Nc4cccc(Cl)c4)CC3)nn2)c1. The fraction of sp³-hybridized carbons (Fsp3) is 0.261. The van der Waals surface area contributed by atoms with Gasteiger partial charge in [-0.25, -0.2) is 0 Å². The van der Waals surface area contributed by atoms with Gasteiger partial charge in [-0.3, -0.25) is 4.79 Å². The third-order valence-electron chi connectivity index (χ3n) is 5.25. The van der Waals surface area contributed by atoms with Gasteiger partial charge in [0.05, 0.1) is 5.69 Å². The molecule has 6 heteroatoms. The van der Waals surface area contributed by atoms with Gasteiger partial charge in [0.25, 0.3) is 0 Å². The van der Waals surface area contributed by atoms with E-state index in [4.69, 9.17) is 11.6 Å². The van der Waals surface area contributed by atoms with Gasteiger partial charge >= 0.3 is 0 Å². The number of hydrogen-bond donors (Lipinski definition) is 1. The first-order chi connectivity index (χ1) is 14.1. The van der Waals surface area contributed by atoms with E-state index in [0.29, 0.717) is 5.02 Å². The van der Waals surface area contributed by atoms with Crippen molar-refractivity contribution in [3.8, 4) is 11.3 Å². The van der Waals surface area contributed by atoms with E-state index in [0.717, 1.165) is 48.7 Å². The summed E-state index contributed by atoms with van der Waals surface area (Å²) in [7, 11) is 0. The van der Waals surface area contributed by atoms with Gasteiger partial charge in [0, 0.05) is 35.3 Å². The van der Waals surface area contributed by atoms with Crippen LogP contribution in [0, 0.1) is 12.8 Å². The monoisotopic (exact) mass is 406 g/mol. The Kier molecular flexibility index (Phi) is 5.76. The molecule has 0 unspecified atom stereocenters. The number of nitrogens with one attached hydrogen (secondary N) is 1. The molecule has 29 heavy (non-hydrogen) atoms. The van der Waals surface area contributed by atoms with Crippen molar-refractivity contribution in [3.63, 3.8) is 0 Å². The molecule has 1 N–H and O–H groups in total. The second kappa shape index (κ2) is 8.62. The third kappa shape index (κ3) is 4.74. The second-order valence-electron chi connectivity index (χ2n) is 7.41. The minimum Gasteiger partial charge on any atom is -0.355 e. The number of aryl methyl sites for hydroxylation is 1. The highest BCUT2D eigenvalue weighted by atomic mass is 35.5. The number of carbonyl (C=O) groups is 1. The highest BCUT2D eigenvalue weighted by Crippen LogP contribution is 2.25. The molecule has 2 heterocycles. The number of piperidine rings is 1. The van der Waals surface area contributed by atoms with Crippen molar-refractivity contribution < 1.29 is 4.79 Å². The molecule has 1 saturated heterocycles. The van der Waals surface area contributed by atoms with Gasteiger partial charge in [0.1, 0.15) is 0 Å². The number of aromatic nitrogens is 2. The first-order valence-electron chi connectivity index (χ1n) is 9.80. The molecule has 0 aliphatic carbocycles. The number of anilines is 2. The highest BCUT2D eigenvalue weighted by molar-refractivity contribution is 6.30. The normalized spacial score (nSPS) is 14.6. The van der Waals surface area contributed by atoms with Crippen LogP contribution in [0.3, 0.4) is 0 Å². The van der Waals surface area contributed by atoms with Crippen LogP contribution in [-0.2, 0) is 4.79 Å². The molecular formula is C23H23ClN4O. The first-order valence-corrected chi connectivity index (χ1v) is 10.2. The minimum atomic E-state index is -0.00948. The second-order valence-corrected chi connectivity index (χ2v) is 7.84. The van der Waals surface area contributed by atoms with Gasteiger partial charge in [0.2, 0.25) is 5.91 Å². The average Bonchev–Trinajstić information content (AvgIpc) is 2.74. The standard InChI is InChI=1S/C23H23ClN4O/c1-16-4-2-5-18(14-16)21-8-9-22(27-26-21)28-12-10-17(11-13-28)23(29)25-20-7-3-6-19(24)15-20/h2-9,14-15,17H,10-13H2,1H3,(H,25,29). The van der Waals surface area contributed by atoms with Crippen LogP contribution in [0.15, 0.2) is 60.7 Å². The zero-order chi connectivity index (χ0) is 20.2. The molecule has 1 aliphatic heterocycles. The molecule has 1 aromatic heterocycles. The Morgan fingerprint density at radius 3 is 2.52 bits per heavy atom. The first kappa shape index (κ1) is 19.4. The molecular weight excluding hydrogens is 384 g/mol. The summed E-state index contributed by atoms with van der Waals surface area (Å²) in [6.45, 7) is 3.64. The number of nitrogens with zero attached hydrogens (tertiary/aromatic N) is 3. The number of carbonyl (C=O) groups excluding carboxylic acids is 1. The van der Waals surface area contributed by atoms with Crippen LogP contribution in [0.25, 0.3) is 11.3 Å². The number of rotatable bonds is 4. The number of halogens is 1. The van der Waals surface area contributed by atoms with E-state index in [1.165, 1.54) is 5.56 Å². The Labute approximate surface area is 175 Å². The summed E-state index contributed by atoms with van der Waals surface area (Å²) < 4.78 is 0. The fourth-order valence-electron chi connectivity index (χ4n) is 3.63. The van der Waals surface area contributed by atoms with Crippen molar-refractivity contribution in [3.05, 3.63) is 71.2 Å². The van der Waals surface area contributed by atoms with Crippen LogP contribution in [0.1, 0.15) is 18.4 Å². The summed E-state index contributed by atoms with van der Waals surface area (Å²) in [6.07, 6.45) is 1.57. The quantitative estimate of drug-likeness (QED) is 0.665. The van der Waals surface area contributed by atoms with Crippen LogP contribution in [-0.4, -0.2) is 29.2 Å². The van der Waals surface area contributed by atoms with E-state index in [1.807, 2.05) is 36.4 Å². The molecule has 2 aromatic carbocycles. The number of hydrogen-bond acceptors (Lipinski definition) is 4. The van der Waals surface area contributed by atoms with Gasteiger partial charge in [0.15, 0.2) is 5.82 Å². The molecule has 148 valence electrons. The third-order valence-corrected chi connectivity index (χ3v) is 5.48. The number of amides is 1. The molecule has 1 fully saturated rings. The Hall–Kier alpha value is -2.92. The van der Waals surface area contributed by atoms with Crippen molar-refractivity contribution >= 4 is 29.0 Å². The van der Waals surface area contributed by atoms with Gasteiger partial charge < -0.3 is 10.2 Å². The smallest absolute Gasteiger partial charge is 0.227 e. The van der Waals surface area contributed by atoms with Gasteiger partial charge in [-0.15, -0.1) is 10.2 Å². The van der Waals surface area contributed by atoms with Crippen LogP contribution in [0.4, 0.5) is 11.5 Å². The van der Waals surface area contributed by atoms with Crippen molar-refractivity contribution in [1.82, 2.24) is 10.2 Å². The van der Waals surface area contributed by atoms with E-state index in [9.17, 15) is 4.79 Å². The predicted molar refractivity (Wildman–Crippen MR) is 117 cm³/mol. The Morgan fingerprint density at radius 1 is 1.03 bits per heavy atom. The summed E-state index contributed by atoms with van der Waals surface area (Å²) in [5.74, 6) is 0.896. The van der Waals surface area contributed by atoms with Crippen LogP contribution >= 0.6 is 11.6 Å². The Morgan fingerprint density at radius 2 is 1.83 bits per heavy atom. The maximum atomic E-state index is 12.6. The molecule has 0 spiro atoms. The van der Waals surface area contributed by atoms with Crippen molar-refractivity contribution in [1.29, 1.82) is 0 Å². The summed E-state index contributed by atoms with van der Waals surface area (Å²) in [5.41, 5.74) is 3.88. The predicted octanol–water partition coefficient (Wildman–Crippen LogP) is 4.96. The molecule has 0 atom stereocenters. The highest BCUT2D eigenvalue weighted by Gasteiger charge is 2.26. The van der Waals surface area contributed by atoms with Crippen LogP contribution in [0.2, 0.25) is 5.02 Å². The fourth-order valence-corrected chi connectivity index (χ4v) is 3.82. The maximum Gasteiger partial charge on any atom is 0.227 e. The van der Waals surface area contributed by atoms with Gasteiger partial charge in [-0.1, -0.05) is 41.4 Å². The van der Waals surface area contributed by atoms with E-state index >= 15 is 0 Å². The summed E-state index contributed by atoms with van der Waals surface area (Å²) in [6, 6.07) is 19.5. The number of benzene rings is 2. The maximum absolute atomic E-state index is 12.6. The van der Waals surface area contributed by atoms with Gasteiger partial charge in [-0.05, 0) is 56.2 Å². The summed E-state index contributed by atoms with van der Waals surface area (Å²) >= 11 is 5.99. The van der Waals surface area contributed by atoms with Crippen LogP contribution in [0.5, 0.6) is 0 Å². The van der Waals surface area contributed by atoms with E-state index in [-0.39, 0.29) is 11.8 Å². The van der Waals surface area contributed by atoms with Gasteiger partial charge in [-0.2, -0.15) is 0 Å². The average molecular weight is 407 g/mol. The van der Waals surface area contributed by atoms with E-state index in [1.54, 1.807) is 12.1 Å². The largest absolute Gasteiger partial charge is 0.355 e. The molecule has 3 aromatic rings. The lowest BCUT2D eigenvalue weighted by molar-refractivity contribution is -0.120. The van der Waals surface area contributed by atoms with E-state index in [2.05, 4.69) is 39.5 Å². The Bertz CT molecular complexity index is 998. The molecule has 1 amide bonds. The molecule has 1 aliphatic rings. The summed E-state index contributed by atoms with van der Waals surface area (Å²) in [4.78, 5) is 14.7.